The predicted molar refractivity (Wildman–Crippen MR) is 119 cm³/mol. The number of nitrogens with one attached hydrogen (secondary N) is 2. The number of halogens is 1. The number of aromatic nitrogens is 2. The molecule has 0 atom stereocenters. The van der Waals surface area contributed by atoms with Gasteiger partial charge in [0.1, 0.15) is 5.76 Å². The van der Waals surface area contributed by atoms with E-state index in [4.69, 9.17) is 4.52 Å². The molecule has 0 bridgehead atoms. The Hall–Kier alpha value is -2.88. The Morgan fingerprint density at radius 1 is 0.968 bits per heavy atom. The molecule has 2 heterocycles. The van der Waals surface area contributed by atoms with Gasteiger partial charge in [-0.15, -0.1) is 11.3 Å². The maximum atomic E-state index is 12.5. The van der Waals surface area contributed by atoms with E-state index in [-0.39, 0.29) is 23.1 Å². The van der Waals surface area contributed by atoms with Crippen molar-refractivity contribution in [2.45, 2.75) is 25.7 Å². The lowest BCUT2D eigenvalue weighted by Crippen LogP contribution is -3.00. The Morgan fingerprint density at radius 3 is 2.35 bits per heavy atom. The van der Waals surface area contributed by atoms with Crippen LogP contribution in [-0.4, -0.2) is 18.6 Å². The molecular formula is C21H20ClN4O3S2-. The number of anilines is 3. The van der Waals surface area contributed by atoms with E-state index in [1.54, 1.807) is 19.1 Å². The van der Waals surface area contributed by atoms with Gasteiger partial charge >= 0.3 is 0 Å². The topological polar surface area (TPSA) is 97.1 Å². The fourth-order valence-electron chi connectivity index (χ4n) is 2.82. The van der Waals surface area contributed by atoms with E-state index in [1.165, 1.54) is 40.7 Å². The average molecular weight is 476 g/mol. The molecule has 0 unspecified atom stereocenters. The molecule has 7 nitrogen and oxygen atoms in total. The summed E-state index contributed by atoms with van der Waals surface area (Å²) < 4.78 is 32.2. The van der Waals surface area contributed by atoms with Crippen molar-refractivity contribution in [3.8, 4) is 11.3 Å². The number of nitrogens with zero attached hydrogens (tertiary/aromatic N) is 2. The van der Waals surface area contributed by atoms with Crippen molar-refractivity contribution in [2.24, 2.45) is 0 Å². The summed E-state index contributed by atoms with van der Waals surface area (Å²) in [6.45, 7) is 5.85. The first kappa shape index (κ1) is 22.8. The van der Waals surface area contributed by atoms with Crippen LogP contribution in [0.3, 0.4) is 0 Å². The first-order valence-electron chi connectivity index (χ1n) is 9.16. The van der Waals surface area contributed by atoms with Gasteiger partial charge < -0.3 is 22.2 Å². The third kappa shape index (κ3) is 5.25. The summed E-state index contributed by atoms with van der Waals surface area (Å²) in [7, 11) is -3.74. The zero-order valence-electron chi connectivity index (χ0n) is 17.0. The Bertz CT molecular complexity index is 1300. The molecule has 0 amide bonds. The van der Waals surface area contributed by atoms with Crippen LogP contribution < -0.4 is 22.4 Å². The smallest absolute Gasteiger partial charge is 0.263 e. The molecule has 0 radical (unpaired) electrons. The van der Waals surface area contributed by atoms with Gasteiger partial charge in [0, 0.05) is 22.7 Å². The van der Waals surface area contributed by atoms with Crippen LogP contribution in [0.2, 0.25) is 0 Å². The number of hydrogen-bond acceptors (Lipinski definition) is 7. The summed E-state index contributed by atoms with van der Waals surface area (Å²) in [5, 5.41) is 9.60. The van der Waals surface area contributed by atoms with E-state index in [0.29, 0.717) is 5.76 Å². The summed E-state index contributed by atoms with van der Waals surface area (Å²) in [4.78, 5) is 4.76. The van der Waals surface area contributed by atoms with Crippen LogP contribution in [0.5, 0.6) is 0 Å². The molecule has 0 aliphatic carbocycles. The van der Waals surface area contributed by atoms with Gasteiger partial charge in [-0.1, -0.05) is 17.3 Å². The molecule has 0 aliphatic heterocycles. The second kappa shape index (κ2) is 9.09. The number of thiazole rings is 1. The molecule has 4 aromatic rings. The molecule has 2 N–H and O–H groups in total. The second-order valence-corrected chi connectivity index (χ2v) is 9.46. The molecule has 4 rings (SSSR count). The Balaban J connectivity index is 0.00000272. The van der Waals surface area contributed by atoms with Gasteiger partial charge in [-0.05, 0) is 62.2 Å². The van der Waals surface area contributed by atoms with Gasteiger partial charge in [0.25, 0.3) is 10.0 Å². The maximum Gasteiger partial charge on any atom is 0.263 e. The second-order valence-electron chi connectivity index (χ2n) is 6.91. The normalized spacial score (nSPS) is 11.1. The van der Waals surface area contributed by atoms with Crippen molar-refractivity contribution in [1.29, 1.82) is 0 Å². The van der Waals surface area contributed by atoms with Crippen LogP contribution in [0.1, 0.15) is 16.9 Å². The molecule has 0 fully saturated rings. The highest BCUT2D eigenvalue weighted by atomic mass is 35.5. The summed E-state index contributed by atoms with van der Waals surface area (Å²) in [6.07, 6.45) is 0. The minimum Gasteiger partial charge on any atom is -1.00 e. The molecule has 0 aliphatic rings. The van der Waals surface area contributed by atoms with Crippen LogP contribution >= 0.6 is 11.3 Å². The summed E-state index contributed by atoms with van der Waals surface area (Å²) in [5.74, 6) is 0.673. The van der Waals surface area contributed by atoms with Gasteiger partial charge in [0.2, 0.25) is 0 Å². The fraction of sp³-hybridized carbons (Fsp3) is 0.143. The molecule has 0 spiro atoms. The number of benzene rings is 2. The van der Waals surface area contributed by atoms with E-state index in [2.05, 4.69) is 52.2 Å². The fourth-order valence-corrected chi connectivity index (χ4v) is 4.54. The molecule has 0 saturated carbocycles. The van der Waals surface area contributed by atoms with Crippen molar-refractivity contribution in [1.82, 2.24) is 10.1 Å². The number of rotatable bonds is 6. The van der Waals surface area contributed by atoms with Crippen molar-refractivity contribution >= 4 is 38.0 Å². The van der Waals surface area contributed by atoms with Gasteiger partial charge in [0.15, 0.2) is 10.9 Å². The molecule has 2 aromatic heterocycles. The monoisotopic (exact) mass is 475 g/mol. The zero-order valence-corrected chi connectivity index (χ0v) is 19.4. The molecule has 0 saturated heterocycles. The standard InChI is InChI=1S/C21H20N4O3S2.ClH/c1-13-4-5-16(10-14(13)2)19-12-29-21(23-19)22-17-6-8-18(9-7-17)30(26,27)25-20-11-15(3)28-24-20;/h4-12H,1-3H3,(H,22,23)(H,24,25);1H/p-1. The van der Waals surface area contributed by atoms with Gasteiger partial charge in [0.05, 0.1) is 10.6 Å². The zero-order chi connectivity index (χ0) is 21.3. The van der Waals surface area contributed by atoms with Crippen LogP contribution in [0.25, 0.3) is 11.3 Å². The Labute approximate surface area is 191 Å². The van der Waals surface area contributed by atoms with Crippen LogP contribution in [0, 0.1) is 20.8 Å². The highest BCUT2D eigenvalue weighted by Crippen LogP contribution is 2.29. The van der Waals surface area contributed by atoms with E-state index in [0.717, 1.165) is 22.1 Å². The van der Waals surface area contributed by atoms with Crippen molar-refractivity contribution < 1.29 is 25.3 Å². The Morgan fingerprint density at radius 2 is 1.71 bits per heavy atom. The lowest BCUT2D eigenvalue weighted by molar-refractivity contribution is -0.00000906. The van der Waals surface area contributed by atoms with Crippen LogP contribution in [0.15, 0.2) is 63.3 Å². The summed E-state index contributed by atoms with van der Waals surface area (Å²) in [6, 6.07) is 14.2. The van der Waals surface area contributed by atoms with Gasteiger partial charge in [-0.3, -0.25) is 4.72 Å². The molecule has 10 heteroatoms. The minimum absolute atomic E-state index is 0. The van der Waals surface area contributed by atoms with Crippen LogP contribution in [0.4, 0.5) is 16.6 Å². The summed E-state index contributed by atoms with van der Waals surface area (Å²) in [5.41, 5.74) is 5.18. The average Bonchev–Trinajstić information content (AvgIpc) is 3.33. The highest BCUT2D eigenvalue weighted by Gasteiger charge is 2.16. The number of aryl methyl sites for hydroxylation is 3. The quantitative estimate of drug-likeness (QED) is 0.444. The van der Waals surface area contributed by atoms with E-state index < -0.39 is 10.0 Å². The van der Waals surface area contributed by atoms with Gasteiger partial charge in [-0.25, -0.2) is 13.4 Å². The first-order chi connectivity index (χ1) is 14.3. The highest BCUT2D eigenvalue weighted by molar-refractivity contribution is 7.92. The third-order valence-electron chi connectivity index (χ3n) is 4.59. The molecule has 2 aromatic carbocycles. The number of sulfonamides is 1. The van der Waals surface area contributed by atoms with E-state index in [9.17, 15) is 8.42 Å². The molecular weight excluding hydrogens is 456 g/mol. The first-order valence-corrected chi connectivity index (χ1v) is 11.5. The van der Waals surface area contributed by atoms with Gasteiger partial charge in [-0.2, -0.15) is 0 Å². The van der Waals surface area contributed by atoms with Crippen LogP contribution in [-0.2, 0) is 10.0 Å². The lowest BCUT2D eigenvalue weighted by atomic mass is 10.1. The maximum absolute atomic E-state index is 12.5. The van der Waals surface area contributed by atoms with Crippen molar-refractivity contribution in [3.63, 3.8) is 0 Å². The van der Waals surface area contributed by atoms with E-state index in [1.807, 2.05) is 5.38 Å². The SMILES string of the molecule is Cc1cc(NS(=O)(=O)c2ccc(Nc3nc(-c4ccc(C)c(C)c4)cs3)cc2)no1.[Cl-]. The number of hydrogen-bond donors (Lipinski definition) is 2. The molecule has 31 heavy (non-hydrogen) atoms. The van der Waals surface area contributed by atoms with Crippen molar-refractivity contribution in [2.75, 3.05) is 10.0 Å². The predicted octanol–water partition coefficient (Wildman–Crippen LogP) is 2.27. The molecule has 162 valence electrons. The summed E-state index contributed by atoms with van der Waals surface area (Å²) >= 11 is 1.49. The third-order valence-corrected chi connectivity index (χ3v) is 6.72. The van der Waals surface area contributed by atoms with E-state index >= 15 is 0 Å². The largest absolute Gasteiger partial charge is 1.00 e. The van der Waals surface area contributed by atoms with Crippen molar-refractivity contribution in [3.05, 3.63) is 70.8 Å². The Kier molecular flexibility index (Phi) is 6.68. The lowest BCUT2D eigenvalue weighted by Gasteiger charge is -2.07. The minimum atomic E-state index is -3.74.